The highest BCUT2D eigenvalue weighted by atomic mass is 16.5. The first-order chi connectivity index (χ1) is 9.06. The van der Waals surface area contributed by atoms with E-state index < -0.39 is 12.1 Å². The molecule has 0 unspecified atom stereocenters. The van der Waals surface area contributed by atoms with Crippen LogP contribution in [0, 0.1) is 0 Å². The summed E-state index contributed by atoms with van der Waals surface area (Å²) in [6.45, 7) is 3.98. The molecule has 0 saturated heterocycles. The summed E-state index contributed by atoms with van der Waals surface area (Å²) in [6.07, 6.45) is 0. The number of hydrogen-bond donors (Lipinski definition) is 3. The van der Waals surface area contributed by atoms with Crippen LogP contribution in [0.25, 0.3) is 0 Å². The van der Waals surface area contributed by atoms with E-state index in [2.05, 4.69) is 16.0 Å². The van der Waals surface area contributed by atoms with Gasteiger partial charge in [0.1, 0.15) is 11.8 Å². The molecule has 3 N–H and O–H groups in total. The number of anilines is 1. The van der Waals surface area contributed by atoms with Crippen molar-refractivity contribution in [2.45, 2.75) is 19.9 Å². The number of urea groups is 1. The van der Waals surface area contributed by atoms with Gasteiger partial charge in [-0.3, -0.25) is 4.79 Å². The van der Waals surface area contributed by atoms with Gasteiger partial charge in [-0.05, 0) is 38.1 Å². The summed E-state index contributed by atoms with van der Waals surface area (Å²) in [4.78, 5) is 23.1. The van der Waals surface area contributed by atoms with Crippen LogP contribution in [-0.2, 0) is 4.79 Å². The Labute approximate surface area is 112 Å². The fourth-order valence-electron chi connectivity index (χ4n) is 1.43. The lowest BCUT2D eigenvalue weighted by molar-refractivity contribution is -0.122. The quantitative estimate of drug-likeness (QED) is 0.751. The third-order valence-corrected chi connectivity index (χ3v) is 2.44. The van der Waals surface area contributed by atoms with Crippen LogP contribution in [0.1, 0.15) is 13.8 Å². The Bertz CT molecular complexity index is 431. The molecule has 0 fully saturated rings. The molecule has 1 atom stereocenters. The number of carbonyl (C=O) groups excluding carboxylic acids is 2. The van der Waals surface area contributed by atoms with E-state index in [1.54, 1.807) is 38.3 Å². The lowest BCUT2D eigenvalue weighted by Crippen LogP contribution is -2.46. The summed E-state index contributed by atoms with van der Waals surface area (Å²) in [5.74, 6) is 0.494. The number of ether oxygens (including phenoxy) is 1. The fourth-order valence-corrected chi connectivity index (χ4v) is 1.43. The number of amides is 3. The number of carbonyl (C=O) groups is 2. The fraction of sp³-hybridized carbons (Fsp3) is 0.385. The second-order valence-electron chi connectivity index (χ2n) is 3.94. The summed E-state index contributed by atoms with van der Waals surface area (Å²) >= 11 is 0. The molecule has 0 spiro atoms. The molecule has 3 amide bonds. The van der Waals surface area contributed by atoms with Gasteiger partial charge >= 0.3 is 6.03 Å². The van der Waals surface area contributed by atoms with Gasteiger partial charge in [-0.15, -0.1) is 0 Å². The van der Waals surface area contributed by atoms with Crippen molar-refractivity contribution in [2.24, 2.45) is 0 Å². The van der Waals surface area contributed by atoms with E-state index in [-0.39, 0.29) is 5.91 Å². The first-order valence-corrected chi connectivity index (χ1v) is 6.06. The molecule has 0 heterocycles. The minimum Gasteiger partial charge on any atom is -0.497 e. The molecular weight excluding hydrogens is 246 g/mol. The Morgan fingerprint density at radius 2 is 1.89 bits per heavy atom. The Hall–Kier alpha value is -2.24. The van der Waals surface area contributed by atoms with Crippen LogP contribution >= 0.6 is 0 Å². The van der Waals surface area contributed by atoms with E-state index in [1.807, 2.05) is 6.92 Å². The van der Waals surface area contributed by atoms with Crippen LogP contribution in [0.5, 0.6) is 5.75 Å². The maximum absolute atomic E-state index is 11.7. The number of likely N-dealkylation sites (N-methyl/N-ethyl adjacent to an activating group) is 1. The van der Waals surface area contributed by atoms with Crippen molar-refractivity contribution in [3.63, 3.8) is 0 Å². The van der Waals surface area contributed by atoms with Crippen LogP contribution in [0.2, 0.25) is 0 Å². The van der Waals surface area contributed by atoms with Gasteiger partial charge in [-0.1, -0.05) is 0 Å². The van der Waals surface area contributed by atoms with Crippen molar-refractivity contribution < 1.29 is 14.3 Å². The standard InChI is InChI=1S/C13H19N3O3/c1-4-14-12(17)9(2)15-13(18)16-10-5-7-11(19-3)8-6-10/h5-9H,4H2,1-3H3,(H,14,17)(H2,15,16,18)/t9-/m0/s1. The first-order valence-electron chi connectivity index (χ1n) is 6.06. The maximum atomic E-state index is 11.7. The average Bonchev–Trinajstić information content (AvgIpc) is 2.39. The molecule has 0 radical (unpaired) electrons. The average molecular weight is 265 g/mol. The third kappa shape index (κ3) is 4.87. The van der Waals surface area contributed by atoms with Crippen LogP contribution in [0.3, 0.4) is 0 Å². The smallest absolute Gasteiger partial charge is 0.319 e. The number of methoxy groups -OCH3 is 1. The molecule has 0 saturated carbocycles. The topological polar surface area (TPSA) is 79.5 Å². The molecule has 1 rings (SSSR count). The normalized spacial score (nSPS) is 11.3. The summed E-state index contributed by atoms with van der Waals surface area (Å²) < 4.78 is 5.02. The summed E-state index contributed by atoms with van der Waals surface area (Å²) in [5, 5.41) is 7.82. The van der Waals surface area contributed by atoms with Crippen molar-refractivity contribution in [2.75, 3.05) is 19.0 Å². The van der Waals surface area contributed by atoms with Gasteiger partial charge in [-0.25, -0.2) is 4.79 Å². The molecule has 6 heteroatoms. The van der Waals surface area contributed by atoms with E-state index in [4.69, 9.17) is 4.74 Å². The molecule has 6 nitrogen and oxygen atoms in total. The Morgan fingerprint density at radius 3 is 2.42 bits per heavy atom. The molecule has 1 aromatic rings. The molecule has 0 aliphatic rings. The maximum Gasteiger partial charge on any atom is 0.319 e. The van der Waals surface area contributed by atoms with Crippen molar-refractivity contribution in [3.05, 3.63) is 24.3 Å². The van der Waals surface area contributed by atoms with Gasteiger partial charge in [0.05, 0.1) is 7.11 Å². The van der Waals surface area contributed by atoms with Crippen molar-refractivity contribution in [3.8, 4) is 5.75 Å². The summed E-state index contributed by atoms with van der Waals surface area (Å²) in [6, 6.07) is 5.90. The lowest BCUT2D eigenvalue weighted by Gasteiger charge is -2.14. The van der Waals surface area contributed by atoms with Crippen molar-refractivity contribution >= 4 is 17.6 Å². The molecule has 104 valence electrons. The zero-order chi connectivity index (χ0) is 14.3. The van der Waals surface area contributed by atoms with Gasteiger partial charge in [0.15, 0.2) is 0 Å². The SMILES string of the molecule is CCNC(=O)[C@H](C)NC(=O)Nc1ccc(OC)cc1. The van der Waals surface area contributed by atoms with Gasteiger partial charge in [0, 0.05) is 12.2 Å². The summed E-state index contributed by atoms with van der Waals surface area (Å²) in [5.41, 5.74) is 0.626. The molecule has 0 aromatic heterocycles. The Morgan fingerprint density at radius 1 is 1.26 bits per heavy atom. The minimum absolute atomic E-state index is 0.215. The second kappa shape index (κ2) is 7.25. The third-order valence-electron chi connectivity index (χ3n) is 2.44. The molecule has 19 heavy (non-hydrogen) atoms. The number of nitrogens with one attached hydrogen (secondary N) is 3. The molecular formula is C13H19N3O3. The minimum atomic E-state index is -0.585. The van der Waals surface area contributed by atoms with Crippen molar-refractivity contribution in [1.82, 2.24) is 10.6 Å². The highest BCUT2D eigenvalue weighted by molar-refractivity contribution is 5.93. The van der Waals surface area contributed by atoms with Crippen LogP contribution in [-0.4, -0.2) is 31.6 Å². The predicted octanol–water partition coefficient (Wildman–Crippen LogP) is 1.34. The first kappa shape index (κ1) is 14.8. The second-order valence-corrected chi connectivity index (χ2v) is 3.94. The Balaban J connectivity index is 2.48. The predicted molar refractivity (Wildman–Crippen MR) is 73.3 cm³/mol. The summed E-state index contributed by atoms with van der Waals surface area (Å²) in [7, 11) is 1.57. The van der Waals surface area contributed by atoms with Crippen LogP contribution < -0.4 is 20.7 Å². The number of benzene rings is 1. The lowest BCUT2D eigenvalue weighted by atomic mass is 10.3. The molecule has 1 aromatic carbocycles. The zero-order valence-corrected chi connectivity index (χ0v) is 11.3. The van der Waals surface area contributed by atoms with Crippen molar-refractivity contribution in [1.29, 1.82) is 0 Å². The van der Waals surface area contributed by atoms with Gasteiger partial charge in [0.25, 0.3) is 0 Å². The van der Waals surface area contributed by atoms with Gasteiger partial charge in [0.2, 0.25) is 5.91 Å². The van der Waals surface area contributed by atoms with E-state index in [9.17, 15) is 9.59 Å². The van der Waals surface area contributed by atoms with E-state index >= 15 is 0 Å². The van der Waals surface area contributed by atoms with E-state index in [0.717, 1.165) is 0 Å². The molecule has 0 aliphatic carbocycles. The van der Waals surface area contributed by atoms with Crippen LogP contribution in [0.4, 0.5) is 10.5 Å². The zero-order valence-electron chi connectivity index (χ0n) is 11.3. The monoisotopic (exact) mass is 265 g/mol. The number of rotatable bonds is 5. The molecule has 0 aliphatic heterocycles. The Kier molecular flexibility index (Phi) is 5.66. The largest absolute Gasteiger partial charge is 0.497 e. The van der Waals surface area contributed by atoms with E-state index in [0.29, 0.717) is 18.0 Å². The molecule has 0 bridgehead atoms. The highest BCUT2D eigenvalue weighted by Crippen LogP contribution is 2.14. The van der Waals surface area contributed by atoms with Gasteiger partial charge < -0.3 is 20.7 Å². The number of hydrogen-bond acceptors (Lipinski definition) is 3. The van der Waals surface area contributed by atoms with E-state index in [1.165, 1.54) is 0 Å². The van der Waals surface area contributed by atoms with Gasteiger partial charge in [-0.2, -0.15) is 0 Å². The highest BCUT2D eigenvalue weighted by Gasteiger charge is 2.14. The van der Waals surface area contributed by atoms with Crippen LogP contribution in [0.15, 0.2) is 24.3 Å².